The number of benzene rings is 2. The van der Waals surface area contributed by atoms with Crippen molar-refractivity contribution in [3.8, 4) is 34.1 Å². The number of carbonyl (C=O) groups excluding carboxylic acids is 1. The highest BCUT2D eigenvalue weighted by molar-refractivity contribution is 6.09. The van der Waals surface area contributed by atoms with Crippen molar-refractivity contribution in [2.45, 2.75) is 6.54 Å². The minimum absolute atomic E-state index is 0.0276. The van der Waals surface area contributed by atoms with E-state index in [2.05, 4.69) is 37.1 Å². The minimum Gasteiger partial charge on any atom is -0.421 e. The van der Waals surface area contributed by atoms with Crippen molar-refractivity contribution in [3.05, 3.63) is 85.2 Å². The van der Waals surface area contributed by atoms with Gasteiger partial charge in [-0.05, 0) is 41.5 Å². The van der Waals surface area contributed by atoms with Crippen molar-refractivity contribution in [2.24, 2.45) is 7.05 Å². The highest BCUT2D eigenvalue weighted by atomic mass is 19.1. The van der Waals surface area contributed by atoms with Crippen LogP contribution in [-0.4, -0.2) is 30.4 Å². The Balaban J connectivity index is 1.53. The second kappa shape index (κ2) is 8.83. The third kappa shape index (κ3) is 3.75. The molecule has 0 saturated carbocycles. The van der Waals surface area contributed by atoms with Gasteiger partial charge in [0.1, 0.15) is 17.8 Å². The lowest BCUT2D eigenvalue weighted by Crippen LogP contribution is -2.07. The summed E-state index contributed by atoms with van der Waals surface area (Å²) in [4.78, 5) is 28.7. The van der Waals surface area contributed by atoms with Crippen LogP contribution < -0.4 is 15.4 Å². The van der Waals surface area contributed by atoms with E-state index in [0.29, 0.717) is 28.3 Å². The number of aryl methyl sites for hydroxylation is 1. The van der Waals surface area contributed by atoms with Gasteiger partial charge in [-0.1, -0.05) is 24.8 Å². The van der Waals surface area contributed by atoms with E-state index >= 15 is 4.39 Å². The van der Waals surface area contributed by atoms with Crippen LogP contribution in [0.5, 0.6) is 11.8 Å². The zero-order valence-corrected chi connectivity index (χ0v) is 19.7. The van der Waals surface area contributed by atoms with Crippen LogP contribution in [0.4, 0.5) is 15.9 Å². The average Bonchev–Trinajstić information content (AvgIpc) is 3.11. The Morgan fingerprint density at radius 1 is 1.14 bits per heavy atom. The number of fused-ring (bicyclic) bond motifs is 2. The van der Waals surface area contributed by atoms with Crippen LogP contribution in [0.2, 0.25) is 0 Å². The Hall–Kier alpha value is -5.12. The average molecular weight is 494 g/mol. The smallest absolute Gasteiger partial charge is 0.321 e. The molecule has 0 aliphatic carbocycles. The molecule has 3 aromatic heterocycles. The molecule has 2 aromatic carbocycles. The maximum atomic E-state index is 15.9. The van der Waals surface area contributed by atoms with Crippen LogP contribution >= 0.6 is 0 Å². The Morgan fingerprint density at radius 2 is 1.92 bits per heavy atom. The number of hydrogen-bond acceptors (Lipinski definition) is 7. The molecule has 0 unspecified atom stereocenters. The van der Waals surface area contributed by atoms with Crippen LogP contribution in [0.25, 0.3) is 33.4 Å². The number of ether oxygens (including phenoxy) is 1. The topological polar surface area (TPSA) is 107 Å². The standard InChI is InChI=1S/C27H20FN7O2/c1-3-20(36)34-16-7-5-15(6-8-16)24-21-17-9-10-19(37-27-29-11-4-12-30-27)23(28)18(17)13-31-25-22(21)26(35(24)2)33-14-32-25/h3-12,14H,1,13H2,2H3,(H,34,36)(H,31,32,33). The van der Waals surface area contributed by atoms with E-state index in [0.717, 1.165) is 22.2 Å². The molecule has 0 radical (unpaired) electrons. The molecular formula is C27H20FN7O2. The number of nitrogens with one attached hydrogen (secondary N) is 2. The second-order valence-corrected chi connectivity index (χ2v) is 8.37. The molecule has 0 fully saturated rings. The number of amides is 1. The maximum Gasteiger partial charge on any atom is 0.321 e. The molecule has 6 rings (SSSR count). The summed E-state index contributed by atoms with van der Waals surface area (Å²) in [7, 11) is 1.91. The van der Waals surface area contributed by atoms with E-state index in [4.69, 9.17) is 4.74 Å². The van der Waals surface area contributed by atoms with Crippen LogP contribution in [0.3, 0.4) is 0 Å². The molecule has 4 heterocycles. The normalized spacial score (nSPS) is 11.8. The molecule has 10 heteroatoms. The molecule has 1 aliphatic heterocycles. The van der Waals surface area contributed by atoms with Gasteiger partial charge < -0.3 is 19.9 Å². The van der Waals surface area contributed by atoms with Gasteiger partial charge in [0.2, 0.25) is 5.91 Å². The largest absolute Gasteiger partial charge is 0.421 e. The molecule has 9 nitrogen and oxygen atoms in total. The second-order valence-electron chi connectivity index (χ2n) is 8.37. The Bertz CT molecular complexity index is 1680. The molecule has 5 aromatic rings. The van der Waals surface area contributed by atoms with Crippen LogP contribution in [0.15, 0.2) is 73.8 Å². The van der Waals surface area contributed by atoms with Gasteiger partial charge >= 0.3 is 6.01 Å². The number of carbonyl (C=O) groups is 1. The number of hydrogen-bond donors (Lipinski definition) is 2. The van der Waals surface area contributed by atoms with E-state index in [1.165, 1.54) is 24.8 Å². The molecule has 1 amide bonds. The highest BCUT2D eigenvalue weighted by Gasteiger charge is 2.29. The number of aromatic nitrogens is 5. The SMILES string of the molecule is C=CC(=O)Nc1ccc(-c2c3c4c(ncnc4n2C)NCc2c-3ccc(Oc3ncccn3)c2F)cc1. The summed E-state index contributed by atoms with van der Waals surface area (Å²) >= 11 is 0. The van der Waals surface area contributed by atoms with Gasteiger partial charge in [-0.25, -0.2) is 24.3 Å². The molecule has 0 saturated heterocycles. The van der Waals surface area contributed by atoms with Gasteiger partial charge in [0, 0.05) is 42.8 Å². The summed E-state index contributed by atoms with van der Waals surface area (Å²) in [5.41, 5.74) is 4.97. The first-order chi connectivity index (χ1) is 18.0. The third-order valence-corrected chi connectivity index (χ3v) is 6.23. The van der Waals surface area contributed by atoms with Gasteiger partial charge in [-0.15, -0.1) is 0 Å². The predicted octanol–water partition coefficient (Wildman–Crippen LogP) is 5.07. The number of anilines is 2. The van der Waals surface area contributed by atoms with Crippen molar-refractivity contribution in [3.63, 3.8) is 0 Å². The zero-order chi connectivity index (χ0) is 25.5. The van der Waals surface area contributed by atoms with Crippen molar-refractivity contribution in [2.75, 3.05) is 10.6 Å². The molecule has 182 valence electrons. The quantitative estimate of drug-likeness (QED) is 0.329. The van der Waals surface area contributed by atoms with Gasteiger partial charge in [-0.2, -0.15) is 0 Å². The summed E-state index contributed by atoms with van der Waals surface area (Å²) in [5.74, 6) is -0.164. The molecule has 37 heavy (non-hydrogen) atoms. The van der Waals surface area contributed by atoms with E-state index in [1.54, 1.807) is 24.3 Å². The summed E-state index contributed by atoms with van der Waals surface area (Å²) in [5, 5.41) is 6.80. The lowest BCUT2D eigenvalue weighted by Gasteiger charge is -2.15. The Labute approximate surface area is 210 Å². The third-order valence-electron chi connectivity index (χ3n) is 6.23. The van der Waals surface area contributed by atoms with E-state index in [9.17, 15) is 4.79 Å². The van der Waals surface area contributed by atoms with Crippen molar-refractivity contribution in [1.29, 1.82) is 0 Å². The molecule has 0 atom stereocenters. The van der Waals surface area contributed by atoms with Crippen molar-refractivity contribution in [1.82, 2.24) is 24.5 Å². The first-order valence-corrected chi connectivity index (χ1v) is 11.4. The fourth-order valence-electron chi connectivity index (χ4n) is 4.59. The molecular weight excluding hydrogens is 473 g/mol. The minimum atomic E-state index is -0.511. The Morgan fingerprint density at radius 3 is 2.68 bits per heavy atom. The van der Waals surface area contributed by atoms with Crippen molar-refractivity contribution >= 4 is 28.4 Å². The van der Waals surface area contributed by atoms with E-state index in [-0.39, 0.29) is 24.2 Å². The van der Waals surface area contributed by atoms with Crippen molar-refractivity contribution < 1.29 is 13.9 Å². The lowest BCUT2D eigenvalue weighted by atomic mass is 9.95. The molecule has 1 aliphatic rings. The van der Waals surface area contributed by atoms with Gasteiger partial charge in [0.15, 0.2) is 11.6 Å². The summed E-state index contributed by atoms with van der Waals surface area (Å²) in [6, 6.07) is 12.5. The van der Waals surface area contributed by atoms with E-state index < -0.39 is 5.82 Å². The maximum absolute atomic E-state index is 15.9. The monoisotopic (exact) mass is 493 g/mol. The van der Waals surface area contributed by atoms with Crippen LogP contribution in [0, 0.1) is 5.82 Å². The summed E-state index contributed by atoms with van der Waals surface area (Å²) in [6.07, 6.45) is 5.76. The van der Waals surface area contributed by atoms with Crippen LogP contribution in [0.1, 0.15) is 5.56 Å². The fraction of sp³-hybridized carbons (Fsp3) is 0.0741. The molecule has 2 N–H and O–H groups in total. The first kappa shape index (κ1) is 22.4. The Kier molecular flexibility index (Phi) is 5.33. The lowest BCUT2D eigenvalue weighted by molar-refractivity contribution is -0.111. The highest BCUT2D eigenvalue weighted by Crippen LogP contribution is 2.46. The molecule has 0 spiro atoms. The summed E-state index contributed by atoms with van der Waals surface area (Å²) in [6.45, 7) is 3.68. The zero-order valence-electron chi connectivity index (χ0n) is 19.7. The van der Waals surface area contributed by atoms with Crippen LogP contribution in [-0.2, 0) is 18.4 Å². The van der Waals surface area contributed by atoms with Gasteiger partial charge in [-0.3, -0.25) is 4.79 Å². The predicted molar refractivity (Wildman–Crippen MR) is 138 cm³/mol. The number of rotatable bonds is 5. The first-order valence-electron chi connectivity index (χ1n) is 11.4. The molecule has 0 bridgehead atoms. The summed E-state index contributed by atoms with van der Waals surface area (Å²) < 4.78 is 23.5. The van der Waals surface area contributed by atoms with Gasteiger partial charge in [0.05, 0.1) is 11.1 Å². The van der Waals surface area contributed by atoms with E-state index in [1.807, 2.05) is 29.8 Å². The number of nitrogens with zero attached hydrogens (tertiary/aromatic N) is 5. The van der Waals surface area contributed by atoms with Gasteiger partial charge in [0.25, 0.3) is 0 Å². The fourth-order valence-corrected chi connectivity index (χ4v) is 4.59. The number of halogens is 1.